The van der Waals surface area contributed by atoms with E-state index < -0.39 is 11.6 Å². The molecule has 2 heterocycles. The minimum Gasteiger partial charge on any atom is -0.508 e. The molecule has 6 heteroatoms. The molecule has 1 saturated heterocycles. The number of aromatic hydroxyl groups is 1. The summed E-state index contributed by atoms with van der Waals surface area (Å²) in [6.07, 6.45) is 0. The molecule has 1 aliphatic heterocycles. The van der Waals surface area contributed by atoms with Crippen LogP contribution in [0.25, 0.3) is 10.9 Å². The topological polar surface area (TPSA) is 39.6 Å². The van der Waals surface area contributed by atoms with Gasteiger partial charge in [-0.15, -0.1) is 0 Å². The van der Waals surface area contributed by atoms with E-state index in [-0.39, 0.29) is 11.3 Å². The van der Waals surface area contributed by atoms with Crippen LogP contribution in [-0.4, -0.2) is 36.3 Å². The number of aromatic nitrogens is 1. The van der Waals surface area contributed by atoms with Gasteiger partial charge in [-0.3, -0.25) is 0 Å². The highest BCUT2D eigenvalue weighted by Crippen LogP contribution is 2.31. The lowest BCUT2D eigenvalue weighted by Gasteiger charge is -2.38. The van der Waals surface area contributed by atoms with Crippen molar-refractivity contribution in [1.29, 1.82) is 0 Å². The summed E-state index contributed by atoms with van der Waals surface area (Å²) in [5.74, 6) is -1.52. The van der Waals surface area contributed by atoms with Crippen LogP contribution in [-0.2, 0) is 0 Å². The van der Waals surface area contributed by atoms with Crippen molar-refractivity contribution in [2.24, 2.45) is 0 Å². The molecule has 4 rings (SSSR count). The molecule has 2 aromatic carbocycles. The number of piperazine rings is 1. The summed E-state index contributed by atoms with van der Waals surface area (Å²) < 4.78 is 27.7. The molecule has 1 aliphatic rings. The van der Waals surface area contributed by atoms with Gasteiger partial charge in [0.05, 0.1) is 0 Å². The molecule has 0 unspecified atom stereocenters. The number of pyridine rings is 1. The van der Waals surface area contributed by atoms with Gasteiger partial charge in [-0.25, -0.2) is 13.8 Å². The van der Waals surface area contributed by atoms with E-state index in [1.54, 1.807) is 25.1 Å². The first-order valence-electron chi connectivity index (χ1n) is 8.57. The van der Waals surface area contributed by atoms with E-state index in [0.29, 0.717) is 11.1 Å². The van der Waals surface area contributed by atoms with Gasteiger partial charge >= 0.3 is 0 Å². The van der Waals surface area contributed by atoms with Crippen LogP contribution in [0, 0.1) is 18.6 Å². The van der Waals surface area contributed by atoms with E-state index in [1.165, 1.54) is 0 Å². The lowest BCUT2D eigenvalue weighted by molar-refractivity contribution is 0.475. The number of nitrogens with zero attached hydrogens (tertiary/aromatic N) is 3. The molecule has 4 nitrogen and oxygen atoms in total. The largest absolute Gasteiger partial charge is 0.508 e. The minimum atomic E-state index is -0.893. The van der Waals surface area contributed by atoms with Crippen molar-refractivity contribution in [1.82, 2.24) is 4.98 Å². The van der Waals surface area contributed by atoms with Crippen LogP contribution < -0.4 is 9.80 Å². The molecule has 0 spiro atoms. The van der Waals surface area contributed by atoms with Crippen molar-refractivity contribution in [2.45, 2.75) is 6.92 Å². The molecule has 3 aromatic rings. The van der Waals surface area contributed by atoms with Gasteiger partial charge in [0, 0.05) is 48.6 Å². The molecule has 0 amide bonds. The van der Waals surface area contributed by atoms with Gasteiger partial charge in [-0.2, -0.15) is 0 Å². The summed E-state index contributed by atoms with van der Waals surface area (Å²) >= 11 is 0. The zero-order valence-corrected chi connectivity index (χ0v) is 14.4. The van der Waals surface area contributed by atoms with Gasteiger partial charge in [-0.1, -0.05) is 0 Å². The lowest BCUT2D eigenvalue weighted by Crippen LogP contribution is -2.46. The van der Waals surface area contributed by atoms with Crippen molar-refractivity contribution < 1.29 is 13.9 Å². The molecular formula is C20H19F2N3O. The first-order chi connectivity index (χ1) is 12.5. The third-order valence-electron chi connectivity index (χ3n) is 4.81. The Hall–Kier alpha value is -2.89. The van der Waals surface area contributed by atoms with Gasteiger partial charge in [-0.05, 0) is 49.4 Å². The predicted molar refractivity (Wildman–Crippen MR) is 98.9 cm³/mol. The number of hydrogen-bond donors (Lipinski definition) is 1. The van der Waals surface area contributed by atoms with E-state index in [1.807, 2.05) is 18.2 Å². The maximum atomic E-state index is 14.2. The van der Waals surface area contributed by atoms with Crippen LogP contribution in [0.5, 0.6) is 5.75 Å². The van der Waals surface area contributed by atoms with Crippen molar-refractivity contribution in [2.75, 3.05) is 36.0 Å². The number of halogens is 2. The van der Waals surface area contributed by atoms with Crippen LogP contribution in [0.1, 0.15) is 5.69 Å². The lowest BCUT2D eigenvalue weighted by atomic mass is 10.1. The van der Waals surface area contributed by atoms with Crippen LogP contribution in [0.3, 0.4) is 0 Å². The standard InChI is InChI=1S/C20H19F2N3O/c1-13-12-18(16-6-7-17(21)19(22)20(16)23-13)25-10-8-24(9-11-25)14-2-4-15(26)5-3-14/h2-7,12,26H,8-11H2,1H3. The number of rotatable bonds is 2. The maximum Gasteiger partial charge on any atom is 0.185 e. The van der Waals surface area contributed by atoms with E-state index in [4.69, 9.17) is 0 Å². The molecule has 1 N–H and O–H groups in total. The zero-order chi connectivity index (χ0) is 18.3. The predicted octanol–water partition coefficient (Wildman–Crippen LogP) is 3.85. The van der Waals surface area contributed by atoms with Crippen LogP contribution in [0.2, 0.25) is 0 Å². The smallest absolute Gasteiger partial charge is 0.185 e. The van der Waals surface area contributed by atoms with Crippen molar-refractivity contribution in [3.63, 3.8) is 0 Å². The summed E-state index contributed by atoms with van der Waals surface area (Å²) in [6, 6.07) is 11.8. The third-order valence-corrected chi connectivity index (χ3v) is 4.81. The Kier molecular flexibility index (Phi) is 4.11. The second-order valence-corrected chi connectivity index (χ2v) is 6.53. The normalized spacial score (nSPS) is 14.9. The summed E-state index contributed by atoms with van der Waals surface area (Å²) in [4.78, 5) is 8.61. The van der Waals surface area contributed by atoms with Crippen LogP contribution >= 0.6 is 0 Å². The summed E-state index contributed by atoms with van der Waals surface area (Å²) in [7, 11) is 0. The molecule has 0 radical (unpaired) electrons. The highest BCUT2D eigenvalue weighted by Gasteiger charge is 2.21. The Bertz CT molecular complexity index is 951. The van der Waals surface area contributed by atoms with Crippen molar-refractivity contribution in [3.05, 3.63) is 59.8 Å². The second kappa shape index (κ2) is 6.44. The Morgan fingerprint density at radius 3 is 2.27 bits per heavy atom. The molecule has 26 heavy (non-hydrogen) atoms. The molecule has 0 aliphatic carbocycles. The van der Waals surface area contributed by atoms with Gasteiger partial charge in [0.2, 0.25) is 0 Å². The molecule has 0 saturated carbocycles. The number of fused-ring (bicyclic) bond motifs is 1. The minimum absolute atomic E-state index is 0.0842. The first-order valence-corrected chi connectivity index (χ1v) is 8.57. The second-order valence-electron chi connectivity index (χ2n) is 6.53. The number of phenolic OH excluding ortho intramolecular Hbond substituents is 1. The number of aryl methyl sites for hydroxylation is 1. The monoisotopic (exact) mass is 355 g/mol. The average Bonchev–Trinajstić information content (AvgIpc) is 2.65. The number of hydrogen-bond acceptors (Lipinski definition) is 4. The quantitative estimate of drug-likeness (QED) is 0.758. The van der Waals surface area contributed by atoms with Gasteiger partial charge in [0.15, 0.2) is 11.6 Å². The molecule has 134 valence electrons. The Morgan fingerprint density at radius 1 is 0.923 bits per heavy atom. The summed E-state index contributed by atoms with van der Waals surface area (Å²) in [5, 5.41) is 10.1. The van der Waals surface area contributed by atoms with Gasteiger partial charge in [0.1, 0.15) is 11.3 Å². The fraction of sp³-hybridized carbons (Fsp3) is 0.250. The highest BCUT2D eigenvalue weighted by atomic mass is 19.2. The zero-order valence-electron chi connectivity index (χ0n) is 14.4. The Labute approximate surface area is 150 Å². The Morgan fingerprint density at radius 2 is 1.58 bits per heavy atom. The van der Waals surface area contributed by atoms with E-state index in [2.05, 4.69) is 14.8 Å². The number of phenols is 1. The molecular weight excluding hydrogens is 336 g/mol. The van der Waals surface area contributed by atoms with E-state index in [9.17, 15) is 13.9 Å². The summed E-state index contributed by atoms with van der Waals surface area (Å²) in [5.41, 5.74) is 2.70. The van der Waals surface area contributed by atoms with E-state index in [0.717, 1.165) is 43.6 Å². The van der Waals surface area contributed by atoms with Crippen molar-refractivity contribution >= 4 is 22.3 Å². The van der Waals surface area contributed by atoms with Gasteiger partial charge in [0.25, 0.3) is 0 Å². The van der Waals surface area contributed by atoms with Crippen LogP contribution in [0.4, 0.5) is 20.2 Å². The molecule has 1 fully saturated rings. The summed E-state index contributed by atoms with van der Waals surface area (Å²) in [6.45, 7) is 4.92. The van der Waals surface area contributed by atoms with Gasteiger partial charge < -0.3 is 14.9 Å². The third kappa shape index (κ3) is 2.92. The maximum absolute atomic E-state index is 14.2. The number of benzene rings is 2. The molecule has 0 bridgehead atoms. The first kappa shape index (κ1) is 16.6. The molecule has 0 atom stereocenters. The fourth-order valence-corrected chi connectivity index (χ4v) is 3.47. The highest BCUT2D eigenvalue weighted by molar-refractivity contribution is 5.92. The Balaban J connectivity index is 1.61. The van der Waals surface area contributed by atoms with E-state index >= 15 is 0 Å². The van der Waals surface area contributed by atoms with Crippen molar-refractivity contribution in [3.8, 4) is 5.75 Å². The average molecular weight is 355 g/mol. The SMILES string of the molecule is Cc1cc(N2CCN(c3ccc(O)cc3)CC2)c2ccc(F)c(F)c2n1. The molecule has 1 aromatic heterocycles. The fourth-order valence-electron chi connectivity index (χ4n) is 3.47. The number of anilines is 2. The van der Waals surface area contributed by atoms with Crippen LogP contribution in [0.15, 0.2) is 42.5 Å².